The number of aryl methyl sites for hydroxylation is 1. The van der Waals surface area contributed by atoms with Crippen LogP contribution in [0.5, 0.6) is 5.75 Å². The zero-order chi connectivity index (χ0) is 13.8. The quantitative estimate of drug-likeness (QED) is 0.782. The fraction of sp³-hybridized carbons (Fsp3) is 0.417. The molecule has 0 aromatic heterocycles. The van der Waals surface area contributed by atoms with Crippen molar-refractivity contribution in [2.75, 3.05) is 7.11 Å². The van der Waals surface area contributed by atoms with Crippen LogP contribution in [0.25, 0.3) is 0 Å². The second kappa shape index (κ2) is 5.75. The standard InChI is InChI=1S/C12H13F3O3/c1-8-4-3-5-10(18-12(13,14)15)9(8)6-7-11(16)17-2/h3-5H,6-7H2,1-2H3. The molecule has 100 valence electrons. The third-order valence-corrected chi connectivity index (χ3v) is 2.40. The van der Waals surface area contributed by atoms with E-state index in [0.29, 0.717) is 11.1 Å². The molecular formula is C12H13F3O3. The Morgan fingerprint density at radius 2 is 2.00 bits per heavy atom. The lowest BCUT2D eigenvalue weighted by molar-refractivity contribution is -0.274. The predicted octanol–water partition coefficient (Wildman–Crippen LogP) is 3.00. The Morgan fingerprint density at radius 3 is 2.56 bits per heavy atom. The molecule has 0 heterocycles. The molecule has 0 fully saturated rings. The van der Waals surface area contributed by atoms with Crippen LogP contribution in [0.15, 0.2) is 18.2 Å². The monoisotopic (exact) mass is 262 g/mol. The molecule has 0 radical (unpaired) electrons. The Labute approximate surface area is 103 Å². The number of alkyl halides is 3. The lowest BCUT2D eigenvalue weighted by Crippen LogP contribution is -2.18. The van der Waals surface area contributed by atoms with Gasteiger partial charge in [-0.15, -0.1) is 13.2 Å². The van der Waals surface area contributed by atoms with Crippen molar-refractivity contribution < 1.29 is 27.4 Å². The Balaban J connectivity index is 2.90. The van der Waals surface area contributed by atoms with Gasteiger partial charge in [0.2, 0.25) is 0 Å². The van der Waals surface area contributed by atoms with Crippen LogP contribution in [0.1, 0.15) is 17.5 Å². The van der Waals surface area contributed by atoms with Crippen molar-refractivity contribution in [3.63, 3.8) is 0 Å². The first-order valence-corrected chi connectivity index (χ1v) is 5.24. The van der Waals surface area contributed by atoms with Gasteiger partial charge in [0.1, 0.15) is 5.75 Å². The molecule has 0 amide bonds. The number of rotatable bonds is 4. The van der Waals surface area contributed by atoms with Gasteiger partial charge < -0.3 is 9.47 Å². The van der Waals surface area contributed by atoms with Crippen molar-refractivity contribution >= 4 is 5.97 Å². The molecule has 0 saturated carbocycles. The summed E-state index contributed by atoms with van der Waals surface area (Å²) in [5.74, 6) is -0.748. The summed E-state index contributed by atoms with van der Waals surface area (Å²) in [5, 5.41) is 0. The second-order valence-electron chi connectivity index (χ2n) is 3.68. The Kier molecular flexibility index (Phi) is 4.58. The van der Waals surface area contributed by atoms with E-state index in [9.17, 15) is 18.0 Å². The van der Waals surface area contributed by atoms with Crippen LogP contribution in [-0.4, -0.2) is 19.4 Å². The Morgan fingerprint density at radius 1 is 1.33 bits per heavy atom. The van der Waals surface area contributed by atoms with Crippen molar-refractivity contribution in [2.24, 2.45) is 0 Å². The van der Waals surface area contributed by atoms with Gasteiger partial charge in [-0.2, -0.15) is 0 Å². The van der Waals surface area contributed by atoms with Gasteiger partial charge in [0.25, 0.3) is 0 Å². The second-order valence-corrected chi connectivity index (χ2v) is 3.68. The maximum Gasteiger partial charge on any atom is 0.573 e. The van der Waals surface area contributed by atoms with E-state index in [-0.39, 0.29) is 18.6 Å². The van der Waals surface area contributed by atoms with Crippen LogP contribution < -0.4 is 4.74 Å². The molecule has 3 nitrogen and oxygen atoms in total. The van der Waals surface area contributed by atoms with Crippen LogP contribution in [0.2, 0.25) is 0 Å². The maximum atomic E-state index is 12.2. The zero-order valence-electron chi connectivity index (χ0n) is 10.0. The number of methoxy groups -OCH3 is 1. The summed E-state index contributed by atoms with van der Waals surface area (Å²) in [4.78, 5) is 11.0. The molecule has 0 unspecified atom stereocenters. The van der Waals surface area contributed by atoms with Gasteiger partial charge >= 0.3 is 12.3 Å². The fourth-order valence-corrected chi connectivity index (χ4v) is 1.55. The molecule has 0 aliphatic carbocycles. The first kappa shape index (κ1) is 14.3. The topological polar surface area (TPSA) is 35.5 Å². The van der Waals surface area contributed by atoms with Gasteiger partial charge in [0, 0.05) is 6.42 Å². The molecule has 1 rings (SSSR count). The molecule has 0 bridgehead atoms. The number of halogens is 3. The highest BCUT2D eigenvalue weighted by molar-refractivity contribution is 5.69. The van der Waals surface area contributed by atoms with Crippen molar-refractivity contribution in [1.82, 2.24) is 0 Å². The van der Waals surface area contributed by atoms with Gasteiger partial charge in [-0.1, -0.05) is 12.1 Å². The summed E-state index contributed by atoms with van der Waals surface area (Å²) in [6.45, 7) is 1.66. The van der Waals surface area contributed by atoms with E-state index in [1.807, 2.05) is 0 Å². The molecule has 6 heteroatoms. The normalized spacial score (nSPS) is 11.2. The minimum absolute atomic E-state index is 0.00949. The molecule has 0 aliphatic heterocycles. The van der Waals surface area contributed by atoms with Crippen molar-refractivity contribution in [1.29, 1.82) is 0 Å². The summed E-state index contributed by atoms with van der Waals surface area (Å²) in [5.41, 5.74) is 1.00. The van der Waals surface area contributed by atoms with Crippen molar-refractivity contribution in [3.8, 4) is 5.75 Å². The van der Waals surface area contributed by atoms with E-state index in [0.717, 1.165) is 0 Å². The summed E-state index contributed by atoms with van der Waals surface area (Å²) in [6, 6.07) is 4.36. The predicted molar refractivity (Wildman–Crippen MR) is 58.2 cm³/mol. The highest BCUT2D eigenvalue weighted by Crippen LogP contribution is 2.29. The van der Waals surface area contributed by atoms with E-state index < -0.39 is 12.3 Å². The summed E-state index contributed by atoms with van der Waals surface area (Å²) >= 11 is 0. The highest BCUT2D eigenvalue weighted by atomic mass is 19.4. The van der Waals surface area contributed by atoms with Crippen molar-refractivity contribution in [3.05, 3.63) is 29.3 Å². The van der Waals surface area contributed by atoms with Crippen LogP contribution >= 0.6 is 0 Å². The first-order valence-electron chi connectivity index (χ1n) is 5.24. The average Bonchev–Trinajstić information content (AvgIpc) is 2.25. The first-order chi connectivity index (χ1) is 8.33. The van der Waals surface area contributed by atoms with E-state index in [2.05, 4.69) is 9.47 Å². The number of esters is 1. The van der Waals surface area contributed by atoms with Crippen LogP contribution in [-0.2, 0) is 16.0 Å². The fourth-order valence-electron chi connectivity index (χ4n) is 1.55. The lowest BCUT2D eigenvalue weighted by Gasteiger charge is -2.14. The van der Waals surface area contributed by atoms with Gasteiger partial charge in [0.15, 0.2) is 0 Å². The molecule has 0 saturated heterocycles. The molecule has 0 N–H and O–H groups in total. The zero-order valence-corrected chi connectivity index (χ0v) is 10.0. The Hall–Kier alpha value is -1.72. The minimum Gasteiger partial charge on any atom is -0.469 e. The largest absolute Gasteiger partial charge is 0.573 e. The molecule has 0 atom stereocenters. The van der Waals surface area contributed by atoms with Crippen LogP contribution in [0.3, 0.4) is 0 Å². The number of hydrogen-bond donors (Lipinski definition) is 0. The maximum absolute atomic E-state index is 12.2. The van der Waals surface area contributed by atoms with Crippen LogP contribution in [0.4, 0.5) is 13.2 Å². The summed E-state index contributed by atoms with van der Waals surface area (Å²) in [6.07, 6.45) is -4.59. The van der Waals surface area contributed by atoms with Crippen molar-refractivity contribution in [2.45, 2.75) is 26.1 Å². The third-order valence-electron chi connectivity index (χ3n) is 2.40. The SMILES string of the molecule is COC(=O)CCc1c(C)cccc1OC(F)(F)F. The lowest BCUT2D eigenvalue weighted by atomic mass is 10.0. The van der Waals surface area contributed by atoms with Gasteiger partial charge in [0.05, 0.1) is 7.11 Å². The molecular weight excluding hydrogens is 249 g/mol. The molecule has 0 aliphatic rings. The van der Waals surface area contributed by atoms with Crippen LogP contribution in [0, 0.1) is 6.92 Å². The van der Waals surface area contributed by atoms with E-state index in [1.54, 1.807) is 13.0 Å². The van der Waals surface area contributed by atoms with E-state index >= 15 is 0 Å². The number of ether oxygens (including phenoxy) is 2. The number of carbonyl (C=O) groups excluding carboxylic acids is 1. The van der Waals surface area contributed by atoms with Gasteiger partial charge in [-0.05, 0) is 30.5 Å². The Bertz CT molecular complexity index is 427. The highest BCUT2D eigenvalue weighted by Gasteiger charge is 2.32. The van der Waals surface area contributed by atoms with E-state index in [4.69, 9.17) is 0 Å². The molecule has 18 heavy (non-hydrogen) atoms. The summed E-state index contributed by atoms with van der Waals surface area (Å²) < 4.78 is 45.0. The number of hydrogen-bond acceptors (Lipinski definition) is 3. The number of benzene rings is 1. The third kappa shape index (κ3) is 4.27. The molecule has 1 aromatic rings. The average molecular weight is 262 g/mol. The smallest absolute Gasteiger partial charge is 0.469 e. The minimum atomic E-state index is -4.74. The van der Waals surface area contributed by atoms with Gasteiger partial charge in [-0.25, -0.2) is 0 Å². The molecule has 0 spiro atoms. The van der Waals surface area contributed by atoms with E-state index in [1.165, 1.54) is 19.2 Å². The van der Waals surface area contributed by atoms with Gasteiger partial charge in [-0.3, -0.25) is 4.79 Å². The summed E-state index contributed by atoms with van der Waals surface area (Å²) in [7, 11) is 1.23. The molecule has 1 aromatic carbocycles. The number of carbonyl (C=O) groups is 1.